The summed E-state index contributed by atoms with van der Waals surface area (Å²) in [5.74, 6) is -0.906. The van der Waals surface area contributed by atoms with Crippen molar-refractivity contribution in [3.8, 4) is 0 Å². The van der Waals surface area contributed by atoms with Crippen LogP contribution in [0.4, 0.5) is 0 Å². The van der Waals surface area contributed by atoms with Crippen molar-refractivity contribution < 1.29 is 14.3 Å². The maximum Gasteiger partial charge on any atom is 0.307 e. The van der Waals surface area contributed by atoms with Gasteiger partial charge in [-0.15, -0.1) is 11.3 Å². The highest BCUT2D eigenvalue weighted by molar-refractivity contribution is 7.20. The average molecular weight is 393 g/mol. The minimum Gasteiger partial charge on any atom is -0.469 e. The number of amides is 1. The van der Waals surface area contributed by atoms with Gasteiger partial charge in [0.05, 0.1) is 29.5 Å². The van der Waals surface area contributed by atoms with Gasteiger partial charge in [-0.2, -0.15) is 0 Å². The van der Waals surface area contributed by atoms with E-state index in [-0.39, 0.29) is 16.3 Å². The molecule has 1 amide bonds. The molecule has 1 atom stereocenters. The zero-order chi connectivity index (χ0) is 17.0. The van der Waals surface area contributed by atoms with Gasteiger partial charge < -0.3 is 10.1 Å². The number of thiophene rings is 1. The number of carbonyl (C=O) groups excluding carboxylic acids is 2. The van der Waals surface area contributed by atoms with Crippen LogP contribution in [0.2, 0.25) is 13.7 Å². The largest absolute Gasteiger partial charge is 0.469 e. The van der Waals surface area contributed by atoms with Crippen molar-refractivity contribution in [2.45, 2.75) is 12.5 Å². The molecule has 4 nitrogen and oxygen atoms in total. The predicted molar refractivity (Wildman–Crippen MR) is 92.6 cm³/mol. The smallest absolute Gasteiger partial charge is 0.307 e. The van der Waals surface area contributed by atoms with Gasteiger partial charge in [0.2, 0.25) is 0 Å². The molecule has 0 radical (unpaired) electrons. The van der Waals surface area contributed by atoms with Crippen molar-refractivity contribution in [2.24, 2.45) is 0 Å². The van der Waals surface area contributed by atoms with Crippen molar-refractivity contribution in [3.05, 3.63) is 55.2 Å². The highest BCUT2D eigenvalue weighted by Crippen LogP contribution is 2.32. The fraction of sp³-hybridized carbons (Fsp3) is 0.200. The zero-order valence-electron chi connectivity index (χ0n) is 11.9. The molecule has 1 unspecified atom stereocenters. The number of rotatable bonds is 5. The lowest BCUT2D eigenvalue weighted by molar-refractivity contribution is -0.141. The molecule has 0 aliphatic carbocycles. The molecule has 1 N–H and O–H groups in total. The molecular formula is C15H12Cl3NO3S. The third-order valence-electron chi connectivity index (χ3n) is 3.09. The maximum absolute atomic E-state index is 12.4. The predicted octanol–water partition coefficient (Wildman–Crippen LogP) is 4.74. The number of hydrogen-bond donors (Lipinski definition) is 1. The standard InChI is InChI=1S/C15H12Cl3NO3S/c1-22-13(20)7-11(8-4-2-3-5-10(8)16)19-15(21)9-6-12(17)23-14(9)18/h2-6,11H,7H2,1H3,(H,19,21). The fourth-order valence-electron chi connectivity index (χ4n) is 1.98. The van der Waals surface area contributed by atoms with Crippen molar-refractivity contribution in [1.82, 2.24) is 5.32 Å². The third-order valence-corrected chi connectivity index (χ3v) is 4.92. The second-order valence-corrected chi connectivity index (χ2v) is 7.26. The van der Waals surface area contributed by atoms with Gasteiger partial charge in [-0.25, -0.2) is 0 Å². The first-order valence-corrected chi connectivity index (χ1v) is 8.44. The summed E-state index contributed by atoms with van der Waals surface area (Å²) in [5.41, 5.74) is 0.869. The highest BCUT2D eigenvalue weighted by atomic mass is 35.5. The minimum absolute atomic E-state index is 0.0541. The van der Waals surface area contributed by atoms with Crippen LogP contribution in [0.1, 0.15) is 28.4 Å². The van der Waals surface area contributed by atoms with Crippen molar-refractivity contribution in [3.63, 3.8) is 0 Å². The lowest BCUT2D eigenvalue weighted by atomic mass is 10.0. The first-order valence-electron chi connectivity index (χ1n) is 6.49. The van der Waals surface area contributed by atoms with Crippen LogP contribution < -0.4 is 5.32 Å². The molecule has 1 heterocycles. The zero-order valence-corrected chi connectivity index (χ0v) is 15.0. The Hall–Kier alpha value is -1.27. The van der Waals surface area contributed by atoms with Crippen LogP contribution in [-0.4, -0.2) is 19.0 Å². The van der Waals surface area contributed by atoms with E-state index in [2.05, 4.69) is 10.1 Å². The molecule has 0 bridgehead atoms. The van der Waals surface area contributed by atoms with E-state index in [0.717, 1.165) is 11.3 Å². The highest BCUT2D eigenvalue weighted by Gasteiger charge is 2.23. The molecule has 0 aliphatic rings. The van der Waals surface area contributed by atoms with E-state index >= 15 is 0 Å². The number of methoxy groups -OCH3 is 1. The molecule has 0 saturated carbocycles. The summed E-state index contributed by atoms with van der Waals surface area (Å²) in [6.07, 6.45) is -0.0541. The van der Waals surface area contributed by atoms with Gasteiger partial charge in [-0.1, -0.05) is 53.0 Å². The van der Waals surface area contributed by atoms with Gasteiger partial charge in [0.25, 0.3) is 5.91 Å². The topological polar surface area (TPSA) is 55.4 Å². The SMILES string of the molecule is COC(=O)CC(NC(=O)c1cc(Cl)sc1Cl)c1ccccc1Cl. The molecule has 2 rings (SSSR count). The molecule has 2 aromatic rings. The second kappa shape index (κ2) is 8.02. The molecule has 0 aliphatic heterocycles. The van der Waals surface area contributed by atoms with Crippen LogP contribution in [0, 0.1) is 0 Å². The number of benzene rings is 1. The van der Waals surface area contributed by atoms with Gasteiger partial charge in [0.1, 0.15) is 4.34 Å². The monoisotopic (exact) mass is 391 g/mol. The van der Waals surface area contributed by atoms with Crippen LogP contribution in [0.5, 0.6) is 0 Å². The van der Waals surface area contributed by atoms with Gasteiger partial charge in [-0.05, 0) is 17.7 Å². The second-order valence-electron chi connectivity index (χ2n) is 4.57. The first kappa shape index (κ1) is 18.1. The lowest BCUT2D eigenvalue weighted by Gasteiger charge is -2.19. The van der Waals surface area contributed by atoms with Crippen LogP contribution >= 0.6 is 46.1 Å². The van der Waals surface area contributed by atoms with E-state index in [4.69, 9.17) is 34.8 Å². The molecule has 0 spiro atoms. The number of hydrogen-bond acceptors (Lipinski definition) is 4. The van der Waals surface area contributed by atoms with Gasteiger partial charge in [-0.3, -0.25) is 9.59 Å². The van der Waals surface area contributed by atoms with Gasteiger partial charge >= 0.3 is 5.97 Å². The molecule has 0 fully saturated rings. The summed E-state index contributed by atoms with van der Waals surface area (Å²) >= 11 is 19.1. The minimum atomic E-state index is -0.640. The number of esters is 1. The van der Waals surface area contributed by atoms with Gasteiger partial charge in [0.15, 0.2) is 0 Å². The number of carbonyl (C=O) groups is 2. The molecular weight excluding hydrogens is 381 g/mol. The Morgan fingerprint density at radius 3 is 2.52 bits per heavy atom. The Bertz CT molecular complexity index is 733. The molecule has 1 aromatic carbocycles. The molecule has 0 saturated heterocycles. The first-order chi connectivity index (χ1) is 10.9. The van der Waals surface area contributed by atoms with E-state index in [1.807, 2.05) is 0 Å². The van der Waals surface area contributed by atoms with Crippen molar-refractivity contribution in [2.75, 3.05) is 7.11 Å². The van der Waals surface area contributed by atoms with Gasteiger partial charge in [0, 0.05) is 5.02 Å². The Morgan fingerprint density at radius 2 is 1.96 bits per heavy atom. The van der Waals surface area contributed by atoms with E-state index in [0.29, 0.717) is 14.9 Å². The molecule has 23 heavy (non-hydrogen) atoms. The number of nitrogens with one attached hydrogen (secondary N) is 1. The summed E-state index contributed by atoms with van der Waals surface area (Å²) in [6, 6.07) is 7.79. The summed E-state index contributed by atoms with van der Waals surface area (Å²) in [6.45, 7) is 0. The molecule has 122 valence electrons. The van der Waals surface area contributed by atoms with Crippen LogP contribution in [0.3, 0.4) is 0 Å². The summed E-state index contributed by atoms with van der Waals surface area (Å²) in [4.78, 5) is 24.0. The van der Waals surface area contributed by atoms with Crippen molar-refractivity contribution >= 4 is 58.0 Å². The number of ether oxygens (including phenoxy) is 1. The van der Waals surface area contributed by atoms with E-state index in [1.54, 1.807) is 24.3 Å². The molecule has 8 heteroatoms. The average Bonchev–Trinajstić information content (AvgIpc) is 2.85. The Kier molecular flexibility index (Phi) is 6.30. The summed E-state index contributed by atoms with van der Waals surface area (Å²) < 4.78 is 5.36. The number of halogens is 3. The Morgan fingerprint density at radius 1 is 1.26 bits per heavy atom. The normalized spacial score (nSPS) is 11.8. The summed E-state index contributed by atoms with van der Waals surface area (Å²) in [7, 11) is 1.28. The Labute approximate surface area is 152 Å². The van der Waals surface area contributed by atoms with Crippen LogP contribution in [-0.2, 0) is 9.53 Å². The van der Waals surface area contributed by atoms with Crippen molar-refractivity contribution in [1.29, 1.82) is 0 Å². The quantitative estimate of drug-likeness (QED) is 0.748. The Balaban J connectivity index is 2.27. The van der Waals surface area contributed by atoms with Crippen LogP contribution in [0.15, 0.2) is 30.3 Å². The summed E-state index contributed by atoms with van der Waals surface area (Å²) in [5, 5.41) is 3.19. The fourth-order valence-corrected chi connectivity index (χ4v) is 3.70. The lowest BCUT2D eigenvalue weighted by Crippen LogP contribution is -2.30. The van der Waals surface area contributed by atoms with E-state index in [9.17, 15) is 9.59 Å². The third kappa shape index (κ3) is 4.61. The van der Waals surface area contributed by atoms with E-state index < -0.39 is 17.9 Å². The maximum atomic E-state index is 12.4. The molecule has 1 aromatic heterocycles. The van der Waals surface area contributed by atoms with E-state index in [1.165, 1.54) is 13.2 Å². The van der Waals surface area contributed by atoms with Crippen LogP contribution in [0.25, 0.3) is 0 Å².